The smallest absolute Gasteiger partial charge is 0.277 e. The van der Waals surface area contributed by atoms with Gasteiger partial charge in [0.25, 0.3) is 5.91 Å². The number of rotatable bonds is 4. The molecule has 0 unspecified atom stereocenters. The number of benzene rings is 1. The van der Waals surface area contributed by atoms with Crippen molar-refractivity contribution in [2.24, 2.45) is 0 Å². The molecule has 6 nitrogen and oxygen atoms in total. The average Bonchev–Trinajstić information content (AvgIpc) is 2.95. The van der Waals surface area contributed by atoms with E-state index >= 15 is 0 Å². The molecule has 1 aromatic carbocycles. The molecule has 0 saturated heterocycles. The van der Waals surface area contributed by atoms with Gasteiger partial charge in [-0.3, -0.25) is 4.79 Å². The van der Waals surface area contributed by atoms with Crippen LogP contribution < -0.4 is 5.32 Å². The number of nitrogens with zero attached hydrogens (tertiary/aromatic N) is 1. The third-order valence-corrected chi connectivity index (χ3v) is 2.56. The number of anilines is 1. The summed E-state index contributed by atoms with van der Waals surface area (Å²) in [5.41, 5.74) is 1.31. The molecule has 0 spiro atoms. The van der Waals surface area contributed by atoms with Gasteiger partial charge in [0, 0.05) is 18.7 Å². The summed E-state index contributed by atoms with van der Waals surface area (Å²) in [6, 6.07) is 8.55. The summed E-state index contributed by atoms with van der Waals surface area (Å²) in [6.45, 7) is 0.00475. The summed E-state index contributed by atoms with van der Waals surface area (Å²) in [5.74, 6) is 5.37. The van der Waals surface area contributed by atoms with Crippen LogP contribution in [0.5, 0.6) is 0 Å². The number of para-hydroxylation sites is 1. The summed E-state index contributed by atoms with van der Waals surface area (Å²) < 4.78 is 9.86. The first-order valence-electron chi connectivity index (χ1n) is 6.19. The van der Waals surface area contributed by atoms with Gasteiger partial charge in [0.1, 0.15) is 13.2 Å². The number of aromatic nitrogens is 1. The molecule has 21 heavy (non-hydrogen) atoms. The Hall–Kier alpha value is -2.62. The summed E-state index contributed by atoms with van der Waals surface area (Å²) in [7, 11) is 1.53. The molecule has 2 rings (SSSR count). The highest BCUT2D eigenvalue weighted by Crippen LogP contribution is 2.15. The van der Waals surface area contributed by atoms with Crippen LogP contribution in [-0.2, 0) is 11.3 Å². The molecule has 0 atom stereocenters. The normalized spacial score (nSPS) is 9.81. The molecule has 6 heteroatoms. The van der Waals surface area contributed by atoms with E-state index in [9.17, 15) is 4.79 Å². The van der Waals surface area contributed by atoms with E-state index < -0.39 is 5.91 Å². The molecule has 1 amide bonds. The minimum Gasteiger partial charge on any atom is -0.384 e. The minimum absolute atomic E-state index is 0.159. The molecule has 1 heterocycles. The van der Waals surface area contributed by atoms with Crippen LogP contribution in [0.25, 0.3) is 0 Å². The van der Waals surface area contributed by atoms with Crippen molar-refractivity contribution in [2.45, 2.75) is 6.61 Å². The maximum Gasteiger partial charge on any atom is 0.277 e. The summed E-state index contributed by atoms with van der Waals surface area (Å²) >= 11 is 0. The van der Waals surface area contributed by atoms with Crippen LogP contribution in [0.15, 0.2) is 34.9 Å². The van der Waals surface area contributed by atoms with E-state index in [1.54, 1.807) is 24.3 Å². The number of amides is 1. The van der Waals surface area contributed by atoms with Crippen molar-refractivity contribution in [2.75, 3.05) is 19.0 Å². The quantitative estimate of drug-likeness (QED) is 0.830. The second-order valence-corrected chi connectivity index (χ2v) is 4.07. The van der Waals surface area contributed by atoms with Gasteiger partial charge in [-0.1, -0.05) is 29.1 Å². The maximum atomic E-state index is 12.1. The Bertz CT molecular complexity index is 682. The molecule has 108 valence electrons. The van der Waals surface area contributed by atoms with Gasteiger partial charge < -0.3 is 19.7 Å². The number of aliphatic hydroxyl groups is 1. The summed E-state index contributed by atoms with van der Waals surface area (Å²) in [4.78, 5) is 12.1. The Balaban J connectivity index is 2.15. The number of aliphatic hydroxyl groups excluding tert-OH is 1. The number of carbonyl (C=O) groups excluding carboxylic acids is 1. The van der Waals surface area contributed by atoms with Crippen LogP contribution in [0.1, 0.15) is 21.8 Å². The van der Waals surface area contributed by atoms with Crippen molar-refractivity contribution in [3.8, 4) is 11.8 Å². The molecule has 0 fully saturated rings. The SMILES string of the molecule is COCc1cc(C(=O)Nc2ccccc2C#CCO)no1. The van der Waals surface area contributed by atoms with Crippen molar-refractivity contribution < 1.29 is 19.2 Å². The van der Waals surface area contributed by atoms with Gasteiger partial charge in [0.15, 0.2) is 11.5 Å². The first-order chi connectivity index (χ1) is 10.2. The van der Waals surface area contributed by atoms with Crippen LogP contribution in [0.2, 0.25) is 0 Å². The molecule has 0 aliphatic rings. The third-order valence-electron chi connectivity index (χ3n) is 2.56. The number of carbonyl (C=O) groups is 1. The molecule has 0 aliphatic carbocycles. The fraction of sp³-hybridized carbons (Fsp3) is 0.200. The van der Waals surface area contributed by atoms with Gasteiger partial charge in [-0.25, -0.2) is 0 Å². The van der Waals surface area contributed by atoms with Crippen molar-refractivity contribution >= 4 is 11.6 Å². The second-order valence-electron chi connectivity index (χ2n) is 4.07. The Morgan fingerprint density at radius 3 is 3.05 bits per heavy atom. The Kier molecular flexibility index (Phi) is 5.10. The van der Waals surface area contributed by atoms with Crippen LogP contribution in [-0.4, -0.2) is 29.9 Å². The number of nitrogens with one attached hydrogen (secondary N) is 1. The average molecular weight is 286 g/mol. The molecule has 1 aromatic heterocycles. The Labute approximate surface area is 121 Å². The number of hydrogen-bond donors (Lipinski definition) is 2. The van der Waals surface area contributed by atoms with Gasteiger partial charge in [-0.05, 0) is 12.1 Å². The summed E-state index contributed by atoms with van der Waals surface area (Å²) in [5, 5.41) is 15.1. The van der Waals surface area contributed by atoms with E-state index in [0.29, 0.717) is 17.0 Å². The fourth-order valence-corrected chi connectivity index (χ4v) is 1.65. The van der Waals surface area contributed by atoms with Gasteiger partial charge in [0.05, 0.1) is 5.69 Å². The van der Waals surface area contributed by atoms with Crippen molar-refractivity contribution in [3.05, 3.63) is 47.3 Å². The van der Waals surface area contributed by atoms with E-state index in [2.05, 4.69) is 22.3 Å². The molecule has 0 bridgehead atoms. The molecular formula is C15H14N2O4. The van der Waals surface area contributed by atoms with E-state index in [1.807, 2.05) is 0 Å². The Morgan fingerprint density at radius 1 is 1.48 bits per heavy atom. The largest absolute Gasteiger partial charge is 0.384 e. The highest BCUT2D eigenvalue weighted by Gasteiger charge is 2.13. The number of methoxy groups -OCH3 is 1. The standard InChI is InChI=1S/C15H14N2O4/c1-20-10-12-9-14(17-21-12)15(19)16-13-7-3-2-5-11(13)6-4-8-18/h2-3,5,7,9,18H,8,10H2,1H3,(H,16,19). The lowest BCUT2D eigenvalue weighted by Crippen LogP contribution is -2.13. The molecule has 0 aliphatic heterocycles. The molecule has 0 radical (unpaired) electrons. The lowest BCUT2D eigenvalue weighted by Gasteiger charge is -2.05. The highest BCUT2D eigenvalue weighted by atomic mass is 16.5. The molecule has 2 N–H and O–H groups in total. The third kappa shape index (κ3) is 3.92. The predicted octanol–water partition coefficient (Wildman–Crippen LogP) is 1.42. The van der Waals surface area contributed by atoms with Gasteiger partial charge in [0.2, 0.25) is 0 Å². The van der Waals surface area contributed by atoms with Crippen molar-refractivity contribution in [3.63, 3.8) is 0 Å². The van der Waals surface area contributed by atoms with Gasteiger partial charge >= 0.3 is 0 Å². The number of ether oxygens (including phenoxy) is 1. The second kappa shape index (κ2) is 7.24. The van der Waals surface area contributed by atoms with E-state index in [0.717, 1.165) is 0 Å². The maximum absolute atomic E-state index is 12.1. The van der Waals surface area contributed by atoms with Crippen LogP contribution in [0.4, 0.5) is 5.69 Å². The monoisotopic (exact) mass is 286 g/mol. The molecular weight excluding hydrogens is 272 g/mol. The molecule has 2 aromatic rings. The minimum atomic E-state index is -0.403. The van der Waals surface area contributed by atoms with E-state index in [4.69, 9.17) is 14.4 Å². The topological polar surface area (TPSA) is 84.6 Å². The van der Waals surface area contributed by atoms with Gasteiger partial charge in [-0.15, -0.1) is 0 Å². The first-order valence-corrected chi connectivity index (χ1v) is 6.19. The highest BCUT2D eigenvalue weighted by molar-refractivity contribution is 6.03. The van der Waals surface area contributed by atoms with E-state index in [1.165, 1.54) is 13.2 Å². The Morgan fingerprint density at radius 2 is 2.29 bits per heavy atom. The van der Waals surface area contributed by atoms with Crippen LogP contribution in [0, 0.1) is 11.8 Å². The summed E-state index contributed by atoms with van der Waals surface area (Å²) in [6.07, 6.45) is 0. The zero-order chi connectivity index (χ0) is 15.1. The van der Waals surface area contributed by atoms with Crippen molar-refractivity contribution in [1.82, 2.24) is 5.16 Å². The molecule has 0 saturated carbocycles. The van der Waals surface area contributed by atoms with Crippen LogP contribution in [0.3, 0.4) is 0 Å². The predicted molar refractivity (Wildman–Crippen MR) is 75.6 cm³/mol. The van der Waals surface area contributed by atoms with Gasteiger partial charge in [-0.2, -0.15) is 0 Å². The first kappa shape index (κ1) is 14.8. The lowest BCUT2D eigenvalue weighted by molar-refractivity contribution is 0.101. The van der Waals surface area contributed by atoms with E-state index in [-0.39, 0.29) is 18.9 Å². The zero-order valence-electron chi connectivity index (χ0n) is 11.4. The van der Waals surface area contributed by atoms with Crippen molar-refractivity contribution in [1.29, 1.82) is 0 Å². The zero-order valence-corrected chi connectivity index (χ0v) is 11.4. The van der Waals surface area contributed by atoms with Crippen LogP contribution >= 0.6 is 0 Å². The fourth-order valence-electron chi connectivity index (χ4n) is 1.65. The number of hydrogen-bond acceptors (Lipinski definition) is 5. The lowest BCUT2D eigenvalue weighted by atomic mass is 10.1.